The molecule has 0 aliphatic heterocycles. The lowest BCUT2D eigenvalue weighted by Crippen LogP contribution is -2.19. The summed E-state index contributed by atoms with van der Waals surface area (Å²) >= 11 is 7.32. The lowest BCUT2D eigenvalue weighted by atomic mass is 10.1. The zero-order valence-corrected chi connectivity index (χ0v) is 15.1. The van der Waals surface area contributed by atoms with Gasteiger partial charge < -0.3 is 4.52 Å². The highest BCUT2D eigenvalue weighted by Crippen LogP contribution is 2.52. The average Bonchev–Trinajstić information content (AvgIpc) is 3.04. The number of thiophene rings is 1. The highest BCUT2D eigenvalue weighted by atomic mass is 35.5. The van der Waals surface area contributed by atoms with E-state index in [4.69, 9.17) is 16.1 Å². The quantitative estimate of drug-likeness (QED) is 0.679. The summed E-state index contributed by atoms with van der Waals surface area (Å²) in [7, 11) is -3.11. The first-order valence-electron chi connectivity index (χ1n) is 7.28. The van der Waals surface area contributed by atoms with Crippen molar-refractivity contribution in [1.29, 1.82) is 0 Å². The van der Waals surface area contributed by atoms with Gasteiger partial charge in [-0.25, -0.2) is 8.42 Å². The fourth-order valence-corrected chi connectivity index (χ4v) is 5.05. The van der Waals surface area contributed by atoms with Gasteiger partial charge in [0, 0.05) is 17.2 Å². The van der Waals surface area contributed by atoms with E-state index in [0.717, 1.165) is 16.7 Å². The number of halogens is 1. The Morgan fingerprint density at radius 1 is 1.21 bits per heavy atom. The summed E-state index contributed by atoms with van der Waals surface area (Å²) < 4.78 is 29.2. The van der Waals surface area contributed by atoms with Crippen LogP contribution in [0.15, 0.2) is 40.2 Å². The van der Waals surface area contributed by atoms with Gasteiger partial charge in [-0.1, -0.05) is 41.0 Å². The lowest BCUT2D eigenvalue weighted by Gasteiger charge is -2.13. The van der Waals surface area contributed by atoms with Crippen LogP contribution in [0.25, 0.3) is 22.8 Å². The molecule has 0 amide bonds. The van der Waals surface area contributed by atoms with Crippen LogP contribution in [0.2, 0.25) is 4.34 Å². The van der Waals surface area contributed by atoms with Gasteiger partial charge in [0.1, 0.15) is 0 Å². The van der Waals surface area contributed by atoms with Crippen molar-refractivity contribution in [3.8, 4) is 22.8 Å². The van der Waals surface area contributed by atoms with Gasteiger partial charge in [-0.15, -0.1) is 11.3 Å². The predicted octanol–water partition coefficient (Wildman–Crippen LogP) is 4.15. The van der Waals surface area contributed by atoms with E-state index >= 15 is 0 Å². The van der Waals surface area contributed by atoms with Crippen LogP contribution >= 0.6 is 22.9 Å². The van der Waals surface area contributed by atoms with Gasteiger partial charge in [-0.05, 0) is 24.5 Å². The first-order valence-corrected chi connectivity index (χ1v) is 10.4. The van der Waals surface area contributed by atoms with Crippen molar-refractivity contribution in [3.63, 3.8) is 0 Å². The first kappa shape index (κ1) is 15.8. The highest BCUT2D eigenvalue weighted by Gasteiger charge is 2.53. The average molecular weight is 381 g/mol. The maximum absolute atomic E-state index is 12.0. The molecule has 0 saturated heterocycles. The van der Waals surface area contributed by atoms with Crippen molar-refractivity contribution in [1.82, 2.24) is 10.1 Å². The molecule has 124 valence electrons. The third-order valence-corrected chi connectivity index (χ3v) is 7.48. The molecule has 4 rings (SSSR count). The Hall–Kier alpha value is -1.70. The van der Waals surface area contributed by atoms with Gasteiger partial charge in [0.05, 0.1) is 14.6 Å². The number of benzene rings is 1. The van der Waals surface area contributed by atoms with E-state index in [-0.39, 0.29) is 0 Å². The summed E-state index contributed by atoms with van der Waals surface area (Å²) in [5.41, 5.74) is 2.39. The van der Waals surface area contributed by atoms with Gasteiger partial charge in [0.15, 0.2) is 9.84 Å². The van der Waals surface area contributed by atoms with E-state index in [1.807, 2.05) is 29.6 Å². The van der Waals surface area contributed by atoms with Crippen LogP contribution in [0.4, 0.5) is 0 Å². The predicted molar refractivity (Wildman–Crippen MR) is 93.8 cm³/mol. The van der Waals surface area contributed by atoms with E-state index in [2.05, 4.69) is 10.1 Å². The number of nitrogens with zero attached hydrogens (tertiary/aromatic N) is 2. The van der Waals surface area contributed by atoms with Crippen LogP contribution in [-0.4, -0.2) is 24.8 Å². The van der Waals surface area contributed by atoms with Gasteiger partial charge >= 0.3 is 0 Å². The maximum Gasteiger partial charge on any atom is 0.259 e. The number of aromatic nitrogens is 2. The van der Waals surface area contributed by atoms with Crippen LogP contribution in [0.3, 0.4) is 0 Å². The molecule has 2 aromatic heterocycles. The third kappa shape index (κ3) is 2.56. The zero-order chi connectivity index (χ0) is 16.9. The largest absolute Gasteiger partial charge is 0.334 e. The van der Waals surface area contributed by atoms with Crippen LogP contribution in [0.1, 0.15) is 18.4 Å². The van der Waals surface area contributed by atoms with E-state index in [1.165, 1.54) is 17.6 Å². The Morgan fingerprint density at radius 3 is 2.46 bits per heavy atom. The van der Waals surface area contributed by atoms with Crippen LogP contribution in [-0.2, 0) is 14.6 Å². The molecule has 0 bridgehead atoms. The number of sulfone groups is 1. The van der Waals surface area contributed by atoms with Crippen molar-refractivity contribution < 1.29 is 12.9 Å². The molecule has 0 N–H and O–H groups in total. The first-order chi connectivity index (χ1) is 11.4. The number of rotatable bonds is 4. The summed E-state index contributed by atoms with van der Waals surface area (Å²) in [4.78, 5) is 4.37. The molecule has 24 heavy (non-hydrogen) atoms. The summed E-state index contributed by atoms with van der Waals surface area (Å²) in [6.45, 7) is 0. The minimum atomic E-state index is -3.11. The van der Waals surface area contributed by atoms with Crippen LogP contribution in [0.5, 0.6) is 0 Å². The molecule has 3 aromatic rings. The van der Waals surface area contributed by atoms with Crippen molar-refractivity contribution in [2.45, 2.75) is 17.6 Å². The second-order valence-electron chi connectivity index (χ2n) is 5.91. The Balaban J connectivity index is 1.64. The fraction of sp³-hybridized carbons (Fsp3) is 0.250. The normalized spacial score (nSPS) is 16.2. The molecular formula is C16H13ClN2O3S2. The molecule has 8 heteroatoms. The van der Waals surface area contributed by atoms with Gasteiger partial charge in [0.25, 0.3) is 5.89 Å². The van der Waals surface area contributed by atoms with Gasteiger partial charge in [0.2, 0.25) is 5.82 Å². The van der Waals surface area contributed by atoms with Crippen molar-refractivity contribution in [2.24, 2.45) is 0 Å². The molecule has 1 fully saturated rings. The van der Waals surface area contributed by atoms with Crippen LogP contribution in [0, 0.1) is 0 Å². The molecule has 1 aromatic carbocycles. The van der Waals surface area contributed by atoms with Crippen LogP contribution < -0.4 is 0 Å². The number of hydrogen-bond donors (Lipinski definition) is 0. The molecular weight excluding hydrogens is 368 g/mol. The molecule has 5 nitrogen and oxygen atoms in total. The minimum absolute atomic E-state index is 0.409. The molecule has 0 radical (unpaired) electrons. The van der Waals surface area contributed by atoms with Gasteiger partial charge in [-0.2, -0.15) is 4.98 Å². The summed E-state index contributed by atoms with van der Waals surface area (Å²) in [6, 6.07) is 9.10. The SMILES string of the molecule is CS(=O)(=O)C1(c2ccc(-c3noc(-c4csc(Cl)c4)n3)cc2)CC1. The standard InChI is InChI=1S/C16H13ClN2O3S2/c1-24(20,21)16(6-7-16)12-4-2-10(3-5-12)14-18-15(22-19-14)11-8-13(17)23-9-11/h2-5,8-9H,6-7H2,1H3. The zero-order valence-electron chi connectivity index (χ0n) is 12.7. The Morgan fingerprint density at radius 2 is 1.92 bits per heavy atom. The topological polar surface area (TPSA) is 73.1 Å². The van der Waals surface area contributed by atoms with Gasteiger partial charge in [-0.3, -0.25) is 0 Å². The molecule has 0 atom stereocenters. The molecule has 2 heterocycles. The van der Waals surface area contributed by atoms with E-state index in [0.29, 0.717) is 28.9 Å². The minimum Gasteiger partial charge on any atom is -0.334 e. The highest BCUT2D eigenvalue weighted by molar-refractivity contribution is 7.92. The number of hydrogen-bond acceptors (Lipinski definition) is 6. The summed E-state index contributed by atoms with van der Waals surface area (Å²) in [6.07, 6.45) is 2.65. The van der Waals surface area contributed by atoms with E-state index in [9.17, 15) is 8.42 Å². The van der Waals surface area contributed by atoms with E-state index < -0.39 is 14.6 Å². The molecule has 0 unspecified atom stereocenters. The molecule has 1 aliphatic rings. The Labute approximate surface area is 148 Å². The second-order valence-corrected chi connectivity index (χ2v) is 9.77. The summed E-state index contributed by atoms with van der Waals surface area (Å²) in [5, 5.41) is 5.84. The second kappa shape index (κ2) is 5.40. The third-order valence-electron chi connectivity index (χ3n) is 4.32. The molecule has 1 aliphatic carbocycles. The van der Waals surface area contributed by atoms with E-state index in [1.54, 1.807) is 6.07 Å². The molecule has 1 saturated carbocycles. The molecule has 0 spiro atoms. The van der Waals surface area contributed by atoms with Crippen molar-refractivity contribution in [2.75, 3.05) is 6.26 Å². The lowest BCUT2D eigenvalue weighted by molar-refractivity contribution is 0.432. The smallest absolute Gasteiger partial charge is 0.259 e. The maximum atomic E-state index is 12.0. The summed E-state index contributed by atoms with van der Waals surface area (Å²) in [5.74, 6) is 0.870. The Bertz CT molecular complexity index is 1000. The van der Waals surface area contributed by atoms with Crippen molar-refractivity contribution in [3.05, 3.63) is 45.6 Å². The Kier molecular flexibility index (Phi) is 3.56. The van der Waals surface area contributed by atoms with Crippen molar-refractivity contribution >= 4 is 32.8 Å². The fourth-order valence-electron chi connectivity index (χ4n) is 2.79. The monoisotopic (exact) mass is 380 g/mol.